The van der Waals surface area contributed by atoms with Crippen molar-refractivity contribution in [2.45, 2.75) is 0 Å². The maximum absolute atomic E-state index is 12.6. The first-order valence-corrected chi connectivity index (χ1v) is 6.40. The number of carbonyl (C=O) groups excluding carboxylic acids is 2. The molecule has 0 saturated carbocycles. The van der Waals surface area contributed by atoms with E-state index < -0.39 is 23.1 Å². The van der Waals surface area contributed by atoms with Crippen LogP contribution in [0.15, 0.2) is 24.3 Å². The molecule has 0 bridgehead atoms. The monoisotopic (exact) mass is 300 g/mol. The second-order valence-corrected chi connectivity index (χ2v) is 4.74. The summed E-state index contributed by atoms with van der Waals surface area (Å²) in [6.45, 7) is 0. The Kier molecular flexibility index (Phi) is 3.02. The Balaban J connectivity index is 2.36. The fourth-order valence-corrected chi connectivity index (χ4v) is 2.64. The molecule has 0 amide bonds. The number of hydrogen-bond acceptors (Lipinski definition) is 6. The molecule has 0 radical (unpaired) electrons. The molecule has 0 spiro atoms. The molecule has 6 nitrogen and oxygen atoms in total. The predicted molar refractivity (Wildman–Crippen MR) is 76.2 cm³/mol. The molecule has 1 aliphatic carbocycles. The van der Waals surface area contributed by atoms with Gasteiger partial charge in [-0.3, -0.25) is 9.59 Å². The van der Waals surface area contributed by atoms with Crippen LogP contribution >= 0.6 is 0 Å². The molecule has 0 unspecified atom stereocenters. The summed E-state index contributed by atoms with van der Waals surface area (Å²) in [5, 5.41) is 20.0. The summed E-state index contributed by atoms with van der Waals surface area (Å²) in [6, 6.07) is 5.75. The summed E-state index contributed by atoms with van der Waals surface area (Å²) in [4.78, 5) is 25.3. The first kappa shape index (κ1) is 13.9. The first-order chi connectivity index (χ1) is 10.5. The minimum Gasteiger partial charge on any atom is -0.504 e. The summed E-state index contributed by atoms with van der Waals surface area (Å²) < 4.78 is 10.00. The normalized spacial score (nSPS) is 12.6. The number of phenolic OH excluding ortho intramolecular Hbond substituents is 2. The first-order valence-electron chi connectivity index (χ1n) is 6.40. The lowest BCUT2D eigenvalue weighted by Crippen LogP contribution is -2.22. The van der Waals surface area contributed by atoms with E-state index in [1.165, 1.54) is 20.3 Å². The second kappa shape index (κ2) is 4.77. The highest BCUT2D eigenvalue weighted by Gasteiger charge is 2.36. The average Bonchev–Trinajstić information content (AvgIpc) is 2.51. The van der Waals surface area contributed by atoms with Gasteiger partial charge in [-0.1, -0.05) is 12.1 Å². The average molecular weight is 300 g/mol. The van der Waals surface area contributed by atoms with Crippen LogP contribution in [-0.4, -0.2) is 36.0 Å². The third kappa shape index (κ3) is 1.67. The molecule has 0 atom stereocenters. The molecule has 2 N–H and O–H groups in total. The van der Waals surface area contributed by atoms with E-state index in [0.29, 0.717) is 0 Å². The Bertz CT molecular complexity index is 822. The van der Waals surface area contributed by atoms with Gasteiger partial charge in [0.25, 0.3) is 0 Å². The van der Waals surface area contributed by atoms with Crippen LogP contribution in [-0.2, 0) is 0 Å². The maximum atomic E-state index is 12.6. The van der Waals surface area contributed by atoms with Gasteiger partial charge in [-0.25, -0.2) is 0 Å². The van der Waals surface area contributed by atoms with Crippen molar-refractivity contribution in [3.05, 3.63) is 46.5 Å². The number of carbonyl (C=O) groups is 2. The lowest BCUT2D eigenvalue weighted by atomic mass is 9.82. The number of benzene rings is 2. The van der Waals surface area contributed by atoms with Crippen LogP contribution in [0, 0.1) is 0 Å². The summed E-state index contributed by atoms with van der Waals surface area (Å²) >= 11 is 0. The Morgan fingerprint density at radius 3 is 2.23 bits per heavy atom. The van der Waals surface area contributed by atoms with Crippen molar-refractivity contribution in [1.82, 2.24) is 0 Å². The maximum Gasteiger partial charge on any atom is 0.203 e. The lowest BCUT2D eigenvalue weighted by Gasteiger charge is -2.21. The van der Waals surface area contributed by atoms with Crippen molar-refractivity contribution in [3.63, 3.8) is 0 Å². The van der Waals surface area contributed by atoms with E-state index >= 15 is 0 Å². The standard InChI is InChI=1S/C16H12O6/c1-21-10-5-3-4-7-11(10)14(19)8-6-9(17)16(22-2)15(20)12(8)13(7)18/h3-6,17,20H,1-2H3. The molecular weight excluding hydrogens is 288 g/mol. The number of methoxy groups -OCH3 is 2. The highest BCUT2D eigenvalue weighted by Crippen LogP contribution is 2.45. The molecule has 0 aliphatic heterocycles. The van der Waals surface area contributed by atoms with Crippen LogP contribution in [0.3, 0.4) is 0 Å². The summed E-state index contributed by atoms with van der Waals surface area (Å²) in [5.74, 6) is -1.99. The van der Waals surface area contributed by atoms with Crippen LogP contribution in [0.1, 0.15) is 31.8 Å². The third-order valence-corrected chi connectivity index (χ3v) is 3.63. The molecular formula is C16H12O6. The van der Waals surface area contributed by atoms with Gasteiger partial charge in [0.15, 0.2) is 23.1 Å². The molecule has 112 valence electrons. The van der Waals surface area contributed by atoms with Crippen molar-refractivity contribution < 1.29 is 29.3 Å². The summed E-state index contributed by atoms with van der Waals surface area (Å²) in [7, 11) is 2.64. The molecule has 2 aromatic rings. The van der Waals surface area contributed by atoms with Gasteiger partial charge in [-0.05, 0) is 12.1 Å². The van der Waals surface area contributed by atoms with E-state index in [9.17, 15) is 19.8 Å². The highest BCUT2D eigenvalue weighted by atomic mass is 16.5. The number of rotatable bonds is 2. The molecule has 0 aromatic heterocycles. The Hall–Kier alpha value is -3.02. The lowest BCUT2D eigenvalue weighted by molar-refractivity contribution is 0.0973. The molecule has 2 aromatic carbocycles. The van der Waals surface area contributed by atoms with Crippen LogP contribution in [0.25, 0.3) is 0 Å². The number of ketones is 2. The second-order valence-electron chi connectivity index (χ2n) is 4.74. The van der Waals surface area contributed by atoms with Crippen LogP contribution in [0.5, 0.6) is 23.0 Å². The molecule has 1 aliphatic rings. The Labute approximate surface area is 125 Å². The molecule has 3 rings (SSSR count). The van der Waals surface area contributed by atoms with Gasteiger partial charge >= 0.3 is 0 Å². The van der Waals surface area contributed by atoms with E-state index in [1.54, 1.807) is 12.1 Å². The zero-order chi connectivity index (χ0) is 16.0. The molecule has 0 saturated heterocycles. The highest BCUT2D eigenvalue weighted by molar-refractivity contribution is 6.30. The van der Waals surface area contributed by atoms with Crippen LogP contribution in [0.4, 0.5) is 0 Å². The SMILES string of the molecule is COc1cccc2c1C(=O)c1cc(O)c(OC)c(O)c1C2=O. The van der Waals surface area contributed by atoms with Gasteiger partial charge in [0.05, 0.1) is 25.3 Å². The number of ether oxygens (including phenoxy) is 2. The van der Waals surface area contributed by atoms with Crippen LogP contribution < -0.4 is 9.47 Å². The molecule has 22 heavy (non-hydrogen) atoms. The molecule has 0 fully saturated rings. The van der Waals surface area contributed by atoms with E-state index in [0.717, 1.165) is 6.07 Å². The smallest absolute Gasteiger partial charge is 0.203 e. The summed E-state index contributed by atoms with van der Waals surface area (Å²) in [6.07, 6.45) is 0. The van der Waals surface area contributed by atoms with Gasteiger partial charge in [0.1, 0.15) is 5.75 Å². The molecule has 6 heteroatoms. The Morgan fingerprint density at radius 1 is 0.909 bits per heavy atom. The van der Waals surface area contributed by atoms with Crippen molar-refractivity contribution in [2.75, 3.05) is 14.2 Å². The van der Waals surface area contributed by atoms with Gasteiger partial charge in [-0.15, -0.1) is 0 Å². The fraction of sp³-hybridized carbons (Fsp3) is 0.125. The van der Waals surface area contributed by atoms with E-state index in [1.807, 2.05) is 0 Å². The van der Waals surface area contributed by atoms with Gasteiger partial charge in [0, 0.05) is 11.1 Å². The van der Waals surface area contributed by atoms with E-state index in [2.05, 4.69) is 0 Å². The zero-order valence-electron chi connectivity index (χ0n) is 11.8. The quantitative estimate of drug-likeness (QED) is 0.750. The number of aromatic hydroxyl groups is 2. The minimum absolute atomic E-state index is 0.0854. The predicted octanol–water partition coefficient (Wildman–Crippen LogP) is 1.89. The third-order valence-electron chi connectivity index (χ3n) is 3.63. The van der Waals surface area contributed by atoms with Gasteiger partial charge in [0.2, 0.25) is 5.75 Å². The summed E-state index contributed by atoms with van der Waals surface area (Å²) in [5.41, 5.74) is -0.00966. The van der Waals surface area contributed by atoms with Crippen LogP contribution in [0.2, 0.25) is 0 Å². The van der Waals surface area contributed by atoms with E-state index in [-0.39, 0.29) is 33.8 Å². The topological polar surface area (TPSA) is 93.1 Å². The van der Waals surface area contributed by atoms with E-state index in [4.69, 9.17) is 9.47 Å². The van der Waals surface area contributed by atoms with Crippen molar-refractivity contribution in [2.24, 2.45) is 0 Å². The Morgan fingerprint density at radius 2 is 1.59 bits per heavy atom. The van der Waals surface area contributed by atoms with Crippen molar-refractivity contribution in [1.29, 1.82) is 0 Å². The number of fused-ring (bicyclic) bond motifs is 2. The molecule has 0 heterocycles. The number of hydrogen-bond donors (Lipinski definition) is 2. The minimum atomic E-state index is -0.552. The fourth-order valence-electron chi connectivity index (χ4n) is 2.64. The van der Waals surface area contributed by atoms with Crippen molar-refractivity contribution >= 4 is 11.6 Å². The number of phenols is 2. The van der Waals surface area contributed by atoms with Gasteiger partial charge < -0.3 is 19.7 Å². The van der Waals surface area contributed by atoms with Crippen molar-refractivity contribution in [3.8, 4) is 23.0 Å². The zero-order valence-corrected chi connectivity index (χ0v) is 11.8. The van der Waals surface area contributed by atoms with Gasteiger partial charge in [-0.2, -0.15) is 0 Å². The largest absolute Gasteiger partial charge is 0.504 e.